The van der Waals surface area contributed by atoms with Gasteiger partial charge in [-0.2, -0.15) is 0 Å². The van der Waals surface area contributed by atoms with E-state index in [1.807, 2.05) is 6.08 Å². The predicted molar refractivity (Wildman–Crippen MR) is 118 cm³/mol. The number of hydrogen-bond donors (Lipinski definition) is 5. The molecule has 0 bridgehead atoms. The summed E-state index contributed by atoms with van der Waals surface area (Å²) in [6, 6.07) is 0. The second-order valence-corrected chi connectivity index (χ2v) is 7.83. The standard InChI is InChI=1S/C21H28FN5OS/c1-26-13-15(11-23)9-21(14-28)10-16(12-24)20(8-17(21)6-7-29-25)27-19-4-2-18(22)3-5-19/h2,4,8,11-14,23-24,26-27H,3,5-7,9-10,25H2,1H3/b15-13-,23-11?,24-12?. The summed E-state index contributed by atoms with van der Waals surface area (Å²) in [7, 11) is 1.75. The minimum Gasteiger partial charge on any atom is -0.394 e. The van der Waals surface area contributed by atoms with E-state index in [0.29, 0.717) is 49.0 Å². The van der Waals surface area contributed by atoms with Gasteiger partial charge in [0.15, 0.2) is 0 Å². The summed E-state index contributed by atoms with van der Waals surface area (Å²) in [6.07, 6.45) is 12.5. The molecule has 0 spiro atoms. The minimum atomic E-state index is -0.832. The molecule has 1 unspecified atom stereocenters. The highest BCUT2D eigenvalue weighted by Crippen LogP contribution is 2.44. The Morgan fingerprint density at radius 1 is 1.38 bits per heavy atom. The Labute approximate surface area is 175 Å². The average Bonchev–Trinajstić information content (AvgIpc) is 2.74. The topological polar surface area (TPSA) is 115 Å². The fourth-order valence-electron chi connectivity index (χ4n) is 3.61. The molecule has 8 heteroatoms. The fourth-order valence-corrected chi connectivity index (χ4v) is 3.95. The molecule has 0 heterocycles. The van der Waals surface area contributed by atoms with E-state index in [2.05, 4.69) is 10.6 Å². The Kier molecular flexibility index (Phi) is 8.60. The third-order valence-electron chi connectivity index (χ3n) is 5.13. The van der Waals surface area contributed by atoms with Gasteiger partial charge >= 0.3 is 0 Å². The van der Waals surface area contributed by atoms with E-state index in [0.717, 1.165) is 23.3 Å². The van der Waals surface area contributed by atoms with Crippen molar-refractivity contribution in [1.82, 2.24) is 10.6 Å². The third kappa shape index (κ3) is 5.77. The molecular formula is C21H28FN5OS. The fraction of sp³-hybridized carbons (Fsp3) is 0.381. The van der Waals surface area contributed by atoms with Crippen molar-refractivity contribution in [3.63, 3.8) is 0 Å². The monoisotopic (exact) mass is 417 g/mol. The molecule has 0 amide bonds. The van der Waals surface area contributed by atoms with Gasteiger partial charge in [0.1, 0.15) is 12.1 Å². The van der Waals surface area contributed by atoms with Crippen LogP contribution in [0.5, 0.6) is 0 Å². The van der Waals surface area contributed by atoms with E-state index >= 15 is 0 Å². The molecule has 0 saturated carbocycles. The summed E-state index contributed by atoms with van der Waals surface area (Å²) in [5, 5.41) is 27.4. The van der Waals surface area contributed by atoms with Crippen LogP contribution in [0.3, 0.4) is 0 Å². The molecule has 2 rings (SSSR count). The summed E-state index contributed by atoms with van der Waals surface area (Å²) in [5.74, 6) is 0.508. The number of hydrogen-bond acceptors (Lipinski definition) is 7. The van der Waals surface area contributed by atoms with Crippen LogP contribution in [-0.2, 0) is 4.79 Å². The second-order valence-electron chi connectivity index (χ2n) is 7.08. The summed E-state index contributed by atoms with van der Waals surface area (Å²) in [6.45, 7) is 0. The molecule has 2 aliphatic carbocycles. The number of nitrogens with two attached hydrogens (primary N) is 1. The van der Waals surface area contributed by atoms with E-state index in [9.17, 15) is 9.18 Å². The highest BCUT2D eigenvalue weighted by Gasteiger charge is 2.38. The maximum Gasteiger partial charge on any atom is 0.130 e. The van der Waals surface area contributed by atoms with Gasteiger partial charge in [-0.25, -0.2) is 4.39 Å². The maximum absolute atomic E-state index is 13.3. The number of carbonyl (C=O) groups excluding carboxylic acids is 1. The predicted octanol–water partition coefficient (Wildman–Crippen LogP) is 3.67. The van der Waals surface area contributed by atoms with Crippen molar-refractivity contribution in [2.24, 2.45) is 10.6 Å². The van der Waals surface area contributed by atoms with Crippen LogP contribution in [-0.4, -0.2) is 31.5 Å². The van der Waals surface area contributed by atoms with E-state index in [1.54, 1.807) is 19.3 Å². The Hall–Kier alpha value is -2.45. The number of rotatable bonds is 11. The minimum absolute atomic E-state index is 0.146. The van der Waals surface area contributed by atoms with Crippen molar-refractivity contribution >= 4 is 30.7 Å². The molecule has 29 heavy (non-hydrogen) atoms. The first kappa shape index (κ1) is 22.8. The number of allylic oxidation sites excluding steroid dienone is 8. The van der Waals surface area contributed by atoms with Crippen molar-refractivity contribution in [1.29, 1.82) is 10.8 Å². The third-order valence-corrected chi connectivity index (χ3v) is 5.57. The number of aldehydes is 1. The lowest BCUT2D eigenvalue weighted by molar-refractivity contribution is -0.114. The highest BCUT2D eigenvalue weighted by atomic mass is 32.2. The van der Waals surface area contributed by atoms with Gasteiger partial charge in [0.2, 0.25) is 0 Å². The average molecular weight is 418 g/mol. The van der Waals surface area contributed by atoms with Crippen molar-refractivity contribution in [3.8, 4) is 0 Å². The lowest BCUT2D eigenvalue weighted by Crippen LogP contribution is -2.33. The van der Waals surface area contributed by atoms with Crippen LogP contribution in [0.15, 0.2) is 58.4 Å². The molecule has 6 N–H and O–H groups in total. The first-order valence-electron chi connectivity index (χ1n) is 9.43. The van der Waals surface area contributed by atoms with Crippen LogP contribution in [0.25, 0.3) is 0 Å². The van der Waals surface area contributed by atoms with Gasteiger partial charge in [-0.05, 0) is 55.1 Å². The van der Waals surface area contributed by atoms with Gasteiger partial charge in [0.05, 0.1) is 5.41 Å². The first-order valence-corrected chi connectivity index (χ1v) is 10.5. The van der Waals surface area contributed by atoms with Gasteiger partial charge in [0, 0.05) is 49.2 Å². The maximum atomic E-state index is 13.3. The van der Waals surface area contributed by atoms with Crippen LogP contribution in [0, 0.1) is 16.2 Å². The zero-order valence-electron chi connectivity index (χ0n) is 16.6. The highest BCUT2D eigenvalue weighted by molar-refractivity contribution is 7.97. The van der Waals surface area contributed by atoms with E-state index in [-0.39, 0.29) is 5.83 Å². The summed E-state index contributed by atoms with van der Waals surface area (Å²) in [4.78, 5) is 12.3. The van der Waals surface area contributed by atoms with Crippen LogP contribution >= 0.6 is 11.9 Å². The van der Waals surface area contributed by atoms with E-state index < -0.39 is 5.41 Å². The van der Waals surface area contributed by atoms with E-state index in [1.165, 1.54) is 30.5 Å². The van der Waals surface area contributed by atoms with Crippen molar-refractivity contribution in [2.45, 2.75) is 32.1 Å². The van der Waals surface area contributed by atoms with Crippen LogP contribution in [0.2, 0.25) is 0 Å². The second kappa shape index (κ2) is 10.9. The normalized spacial score (nSPS) is 22.3. The molecule has 0 aliphatic heterocycles. The van der Waals surface area contributed by atoms with Crippen LogP contribution in [0.1, 0.15) is 32.1 Å². The molecule has 0 aromatic rings. The van der Waals surface area contributed by atoms with Gasteiger partial charge in [-0.1, -0.05) is 17.5 Å². The molecule has 1 atom stereocenters. The number of carbonyl (C=O) groups is 1. The molecule has 156 valence electrons. The first-order chi connectivity index (χ1) is 14.0. The van der Waals surface area contributed by atoms with Crippen molar-refractivity contribution in [2.75, 3.05) is 12.8 Å². The van der Waals surface area contributed by atoms with Gasteiger partial charge in [-0.3, -0.25) is 5.14 Å². The van der Waals surface area contributed by atoms with Crippen LogP contribution < -0.4 is 15.8 Å². The number of halogens is 1. The van der Waals surface area contributed by atoms with Gasteiger partial charge in [-0.15, -0.1) is 0 Å². The lowest BCUT2D eigenvalue weighted by Gasteiger charge is -2.36. The SMILES string of the molecule is CN/C=C(\C=N)CC1(C=O)CC(C=N)=C(NC2=CC=C(F)CC2)C=C1CCSN. The quantitative estimate of drug-likeness (QED) is 0.200. The smallest absolute Gasteiger partial charge is 0.130 e. The zero-order valence-corrected chi connectivity index (χ0v) is 17.4. The molecule has 0 radical (unpaired) electrons. The van der Waals surface area contributed by atoms with Gasteiger partial charge < -0.3 is 26.2 Å². The van der Waals surface area contributed by atoms with Gasteiger partial charge in [0.25, 0.3) is 0 Å². The largest absolute Gasteiger partial charge is 0.394 e. The molecule has 0 aromatic heterocycles. The molecule has 0 fully saturated rings. The Morgan fingerprint density at radius 3 is 2.72 bits per heavy atom. The molecule has 0 saturated heterocycles. The number of nitrogens with one attached hydrogen (secondary N) is 4. The Morgan fingerprint density at radius 2 is 2.17 bits per heavy atom. The lowest BCUT2D eigenvalue weighted by atomic mass is 9.68. The Bertz CT molecular complexity index is 812. The van der Waals surface area contributed by atoms with E-state index in [4.69, 9.17) is 16.0 Å². The van der Waals surface area contributed by atoms with Crippen LogP contribution in [0.4, 0.5) is 4.39 Å². The zero-order chi connectivity index (χ0) is 21.3. The summed E-state index contributed by atoms with van der Waals surface area (Å²) < 4.78 is 13.3. The summed E-state index contributed by atoms with van der Waals surface area (Å²) in [5.41, 5.74) is 3.11. The van der Waals surface area contributed by atoms with Crippen molar-refractivity contribution < 1.29 is 9.18 Å². The molecule has 6 nitrogen and oxygen atoms in total. The molecule has 0 aromatic carbocycles. The Balaban J connectivity index is 2.43. The summed E-state index contributed by atoms with van der Waals surface area (Å²) >= 11 is 1.21. The van der Waals surface area contributed by atoms with Crippen molar-refractivity contribution in [3.05, 3.63) is 58.4 Å². The molecular weight excluding hydrogens is 389 g/mol. The molecule has 2 aliphatic rings.